The second-order valence-corrected chi connectivity index (χ2v) is 4.64. The largest absolute Gasteiger partial charge is 0.400 e. The number of piperazine rings is 1. The first-order valence-electron chi connectivity index (χ1n) is 6.73. The highest BCUT2D eigenvalue weighted by molar-refractivity contribution is 6.28. The number of hydrogen-bond acceptors (Lipinski definition) is 7. The first-order chi connectivity index (χ1) is 10.3. The monoisotopic (exact) mass is 312 g/mol. The van der Waals surface area contributed by atoms with Crippen molar-refractivity contribution in [2.24, 2.45) is 0 Å². The van der Waals surface area contributed by atoms with Crippen LogP contribution in [0.15, 0.2) is 0 Å². The molecule has 1 aromatic heterocycles. The molecular formula is C13H21ClN6O. The van der Waals surface area contributed by atoms with Crippen LogP contribution in [0, 0.1) is 11.3 Å². The van der Waals surface area contributed by atoms with Crippen LogP contribution in [0.5, 0.6) is 0 Å². The van der Waals surface area contributed by atoms with Crippen molar-refractivity contribution < 1.29 is 5.11 Å². The van der Waals surface area contributed by atoms with Crippen LogP contribution in [0.25, 0.3) is 0 Å². The number of aliphatic hydroxyl groups is 1. The molecule has 3 N–H and O–H groups in total. The SMILES string of the molecule is CC#N.CO.Clc1nc2c(c(N3CCNCC3)n1)CNC2. The quantitative estimate of drug-likeness (QED) is 0.641. The predicted molar refractivity (Wildman–Crippen MR) is 82.1 cm³/mol. The second-order valence-electron chi connectivity index (χ2n) is 4.31. The Kier molecular flexibility index (Phi) is 7.93. The Morgan fingerprint density at radius 3 is 2.43 bits per heavy atom. The molecule has 0 atom stereocenters. The minimum atomic E-state index is 0.357. The third-order valence-electron chi connectivity index (χ3n) is 3.05. The molecule has 8 heteroatoms. The molecule has 116 valence electrons. The van der Waals surface area contributed by atoms with Gasteiger partial charge >= 0.3 is 0 Å². The predicted octanol–water partition coefficient (Wildman–Crippen LogP) is 0.281. The van der Waals surface area contributed by atoms with Crippen molar-refractivity contribution in [1.82, 2.24) is 20.6 Å². The molecule has 1 fully saturated rings. The van der Waals surface area contributed by atoms with Crippen LogP contribution in [-0.2, 0) is 13.1 Å². The standard InChI is InChI=1S/C10H14ClN5.C2H3N.CH4O/c11-10-14-8-6-13-5-7(8)9(15-10)16-3-1-12-2-4-16;1-2-3;1-2/h12-13H,1-6H2;1H3;2H,1H3. The van der Waals surface area contributed by atoms with Gasteiger partial charge in [0.05, 0.1) is 11.8 Å². The first-order valence-corrected chi connectivity index (χ1v) is 7.11. The van der Waals surface area contributed by atoms with Crippen LogP contribution in [0.2, 0.25) is 5.28 Å². The fraction of sp³-hybridized carbons (Fsp3) is 0.615. The molecule has 3 heterocycles. The number of aromatic nitrogens is 2. The number of hydrogen-bond donors (Lipinski definition) is 3. The zero-order valence-corrected chi connectivity index (χ0v) is 13.1. The summed E-state index contributed by atoms with van der Waals surface area (Å²) in [6.45, 7) is 7.07. The van der Waals surface area contributed by atoms with Crippen LogP contribution in [-0.4, -0.2) is 48.4 Å². The fourth-order valence-corrected chi connectivity index (χ4v) is 2.44. The third kappa shape index (κ3) is 4.79. The fourth-order valence-electron chi connectivity index (χ4n) is 2.26. The van der Waals surface area contributed by atoms with E-state index >= 15 is 0 Å². The van der Waals surface area contributed by atoms with Gasteiger partial charge in [0.25, 0.3) is 0 Å². The lowest BCUT2D eigenvalue weighted by Crippen LogP contribution is -2.44. The van der Waals surface area contributed by atoms with Crippen molar-refractivity contribution in [3.8, 4) is 6.07 Å². The summed E-state index contributed by atoms with van der Waals surface area (Å²) in [7, 11) is 1.00. The minimum absolute atomic E-state index is 0.357. The molecule has 0 unspecified atom stereocenters. The maximum absolute atomic E-state index is 7.32. The lowest BCUT2D eigenvalue weighted by Gasteiger charge is -2.29. The molecule has 2 aliphatic rings. The highest BCUT2D eigenvalue weighted by Gasteiger charge is 2.23. The summed E-state index contributed by atoms with van der Waals surface area (Å²) in [5.74, 6) is 1.02. The Morgan fingerprint density at radius 1 is 1.19 bits per heavy atom. The van der Waals surface area contributed by atoms with Crippen molar-refractivity contribution >= 4 is 17.4 Å². The van der Waals surface area contributed by atoms with Gasteiger partial charge in [-0.05, 0) is 11.6 Å². The van der Waals surface area contributed by atoms with E-state index in [1.165, 1.54) is 12.5 Å². The van der Waals surface area contributed by atoms with Crippen molar-refractivity contribution in [2.45, 2.75) is 20.0 Å². The molecule has 0 bridgehead atoms. The van der Waals surface area contributed by atoms with Gasteiger partial charge in [0.1, 0.15) is 5.82 Å². The number of nitrogens with one attached hydrogen (secondary N) is 2. The smallest absolute Gasteiger partial charge is 0.224 e. The third-order valence-corrected chi connectivity index (χ3v) is 3.22. The number of halogens is 1. The van der Waals surface area contributed by atoms with Crippen LogP contribution in [0.3, 0.4) is 0 Å². The molecule has 0 aromatic carbocycles. The first kappa shape index (κ1) is 17.6. The van der Waals surface area contributed by atoms with E-state index in [0.717, 1.165) is 57.9 Å². The molecular weight excluding hydrogens is 292 g/mol. The molecule has 21 heavy (non-hydrogen) atoms. The van der Waals surface area contributed by atoms with Crippen molar-refractivity contribution in [1.29, 1.82) is 5.26 Å². The van der Waals surface area contributed by atoms with Gasteiger partial charge in [0, 0.05) is 58.9 Å². The number of aliphatic hydroxyl groups excluding tert-OH is 1. The van der Waals surface area contributed by atoms with Gasteiger partial charge in [-0.3, -0.25) is 0 Å². The van der Waals surface area contributed by atoms with Crippen molar-refractivity contribution in [3.05, 3.63) is 16.5 Å². The molecule has 1 aromatic rings. The normalized spacial score (nSPS) is 15.9. The molecule has 0 amide bonds. The van der Waals surface area contributed by atoms with E-state index in [0.29, 0.717) is 5.28 Å². The Morgan fingerprint density at radius 2 is 1.81 bits per heavy atom. The number of rotatable bonds is 1. The summed E-state index contributed by atoms with van der Waals surface area (Å²) in [6.07, 6.45) is 0. The van der Waals surface area contributed by atoms with Crippen LogP contribution in [0.4, 0.5) is 5.82 Å². The van der Waals surface area contributed by atoms with Crippen molar-refractivity contribution in [2.75, 3.05) is 38.2 Å². The molecule has 1 saturated heterocycles. The molecule has 0 radical (unpaired) electrons. The maximum Gasteiger partial charge on any atom is 0.224 e. The van der Waals surface area contributed by atoms with E-state index < -0.39 is 0 Å². The Hall–Kier alpha value is -1.46. The molecule has 3 rings (SSSR count). The van der Waals surface area contributed by atoms with Gasteiger partial charge in [0.2, 0.25) is 5.28 Å². The van der Waals surface area contributed by atoms with Crippen LogP contribution >= 0.6 is 11.6 Å². The highest BCUT2D eigenvalue weighted by atomic mass is 35.5. The number of anilines is 1. The summed E-state index contributed by atoms with van der Waals surface area (Å²) >= 11 is 5.96. The Labute approximate surface area is 130 Å². The van der Waals surface area contributed by atoms with Gasteiger partial charge in [-0.15, -0.1) is 0 Å². The average molecular weight is 313 g/mol. The maximum atomic E-state index is 7.32. The molecule has 0 saturated carbocycles. The molecule has 0 spiro atoms. The number of nitrogens with zero attached hydrogens (tertiary/aromatic N) is 4. The van der Waals surface area contributed by atoms with Gasteiger partial charge in [-0.1, -0.05) is 0 Å². The van der Waals surface area contributed by atoms with E-state index in [2.05, 4.69) is 25.5 Å². The number of fused-ring (bicyclic) bond motifs is 1. The average Bonchev–Trinajstić information content (AvgIpc) is 2.98. The zero-order valence-electron chi connectivity index (χ0n) is 12.4. The van der Waals surface area contributed by atoms with Crippen LogP contribution in [0.1, 0.15) is 18.2 Å². The Bertz CT molecular complexity index is 484. The van der Waals surface area contributed by atoms with E-state index in [1.54, 1.807) is 6.07 Å². The van der Waals surface area contributed by atoms with Crippen molar-refractivity contribution in [3.63, 3.8) is 0 Å². The van der Waals surface area contributed by atoms with Gasteiger partial charge in [0.15, 0.2) is 0 Å². The molecule has 2 aliphatic heterocycles. The number of nitriles is 1. The summed E-state index contributed by atoms with van der Waals surface area (Å²) in [5.41, 5.74) is 2.26. The minimum Gasteiger partial charge on any atom is -0.400 e. The lowest BCUT2D eigenvalue weighted by atomic mass is 10.2. The van der Waals surface area contributed by atoms with Gasteiger partial charge < -0.3 is 20.6 Å². The Balaban J connectivity index is 0.000000395. The summed E-state index contributed by atoms with van der Waals surface area (Å²) in [6, 6.07) is 1.75. The lowest BCUT2D eigenvalue weighted by molar-refractivity contribution is 0.399. The molecule has 0 aliphatic carbocycles. The van der Waals surface area contributed by atoms with E-state index in [9.17, 15) is 0 Å². The summed E-state index contributed by atoms with van der Waals surface area (Å²) < 4.78 is 0. The summed E-state index contributed by atoms with van der Waals surface area (Å²) in [4.78, 5) is 10.9. The van der Waals surface area contributed by atoms with Gasteiger partial charge in [-0.25, -0.2) is 9.97 Å². The second kappa shape index (κ2) is 9.47. The van der Waals surface area contributed by atoms with E-state index in [4.69, 9.17) is 22.0 Å². The summed E-state index contributed by atoms with van der Waals surface area (Å²) in [5, 5.41) is 21.3. The van der Waals surface area contributed by atoms with E-state index in [-0.39, 0.29) is 0 Å². The molecule has 7 nitrogen and oxygen atoms in total. The highest BCUT2D eigenvalue weighted by Crippen LogP contribution is 2.26. The van der Waals surface area contributed by atoms with E-state index in [1.807, 2.05) is 0 Å². The van der Waals surface area contributed by atoms with Gasteiger partial charge in [-0.2, -0.15) is 5.26 Å². The topological polar surface area (TPSA) is 97.1 Å². The zero-order chi connectivity index (χ0) is 15.7. The van der Waals surface area contributed by atoms with Crippen LogP contribution < -0.4 is 15.5 Å².